The third kappa shape index (κ3) is 3.37. The topological polar surface area (TPSA) is 29.1 Å². The molecule has 0 radical (unpaired) electrons. The highest BCUT2D eigenvalue weighted by Gasteiger charge is 2.12. The normalized spacial score (nSPS) is 10.3. The van der Waals surface area contributed by atoms with Crippen LogP contribution in [0.4, 0.5) is 0 Å². The molecule has 0 aliphatic heterocycles. The third-order valence-electron chi connectivity index (χ3n) is 2.90. The van der Waals surface area contributed by atoms with E-state index in [0.717, 1.165) is 15.6 Å². The van der Waals surface area contributed by atoms with Crippen molar-refractivity contribution in [2.45, 2.75) is 13.5 Å². The Morgan fingerprint density at radius 3 is 2.68 bits per heavy atom. The molecule has 0 unspecified atom stereocenters. The first kappa shape index (κ1) is 14.1. The molecule has 98 valence electrons. The predicted molar refractivity (Wildman–Crippen MR) is 81.5 cm³/mol. The van der Waals surface area contributed by atoms with E-state index in [4.69, 9.17) is 11.6 Å². The second-order valence-corrected chi connectivity index (χ2v) is 5.44. The molecule has 2 aromatic carbocycles. The molecule has 0 aliphatic carbocycles. The van der Waals surface area contributed by atoms with E-state index >= 15 is 0 Å². The van der Waals surface area contributed by atoms with Crippen LogP contribution in [0.2, 0.25) is 5.02 Å². The van der Waals surface area contributed by atoms with Crippen molar-refractivity contribution in [2.24, 2.45) is 0 Å². The Bertz CT molecular complexity index is 613. The number of benzene rings is 2. The molecule has 0 heterocycles. The van der Waals surface area contributed by atoms with Crippen molar-refractivity contribution in [3.8, 4) is 0 Å². The molecule has 1 N–H and O–H groups in total. The van der Waals surface area contributed by atoms with Gasteiger partial charge in [0.05, 0.1) is 10.6 Å². The van der Waals surface area contributed by atoms with Crippen molar-refractivity contribution in [3.05, 3.63) is 68.7 Å². The Labute approximate surface area is 125 Å². The fourth-order valence-corrected chi connectivity index (χ4v) is 2.34. The van der Waals surface area contributed by atoms with Crippen LogP contribution in [0.3, 0.4) is 0 Å². The van der Waals surface area contributed by atoms with Crippen molar-refractivity contribution in [1.29, 1.82) is 0 Å². The molecule has 0 saturated heterocycles. The maximum atomic E-state index is 12.1. The zero-order valence-electron chi connectivity index (χ0n) is 10.4. The lowest BCUT2D eigenvalue weighted by atomic mass is 10.1. The molecule has 0 fully saturated rings. The number of nitrogens with one attached hydrogen (secondary N) is 1. The van der Waals surface area contributed by atoms with Crippen molar-refractivity contribution >= 4 is 33.4 Å². The van der Waals surface area contributed by atoms with Crippen LogP contribution < -0.4 is 5.32 Å². The number of halogens is 2. The number of hydrogen-bond donors (Lipinski definition) is 1. The molecule has 2 nitrogen and oxygen atoms in total. The summed E-state index contributed by atoms with van der Waals surface area (Å²) in [5, 5.41) is 3.31. The van der Waals surface area contributed by atoms with Crippen molar-refractivity contribution in [1.82, 2.24) is 5.32 Å². The minimum atomic E-state index is -0.172. The van der Waals surface area contributed by atoms with Crippen LogP contribution >= 0.6 is 27.5 Å². The molecule has 0 atom stereocenters. The highest BCUT2D eigenvalue weighted by atomic mass is 79.9. The Kier molecular flexibility index (Phi) is 4.61. The Morgan fingerprint density at radius 2 is 1.95 bits per heavy atom. The van der Waals surface area contributed by atoms with E-state index in [0.29, 0.717) is 17.1 Å². The summed E-state index contributed by atoms with van der Waals surface area (Å²) in [5.41, 5.74) is 2.73. The van der Waals surface area contributed by atoms with Crippen LogP contribution in [0.15, 0.2) is 46.9 Å². The average Bonchev–Trinajstić information content (AvgIpc) is 2.40. The van der Waals surface area contributed by atoms with Crippen LogP contribution in [0.1, 0.15) is 21.5 Å². The lowest BCUT2D eigenvalue weighted by molar-refractivity contribution is 0.0951. The van der Waals surface area contributed by atoms with Gasteiger partial charge in [-0.15, -0.1) is 0 Å². The second kappa shape index (κ2) is 6.22. The van der Waals surface area contributed by atoms with E-state index in [1.54, 1.807) is 18.2 Å². The maximum absolute atomic E-state index is 12.1. The quantitative estimate of drug-likeness (QED) is 0.886. The molecular weight excluding hydrogens is 326 g/mol. The SMILES string of the molecule is Cc1ccccc1CNC(=O)c1cccc(Br)c1Cl. The zero-order valence-corrected chi connectivity index (χ0v) is 12.8. The lowest BCUT2D eigenvalue weighted by Gasteiger charge is -2.09. The largest absolute Gasteiger partial charge is 0.348 e. The van der Waals surface area contributed by atoms with Gasteiger partial charge in [-0.25, -0.2) is 0 Å². The van der Waals surface area contributed by atoms with Gasteiger partial charge in [0, 0.05) is 11.0 Å². The van der Waals surface area contributed by atoms with E-state index in [1.165, 1.54) is 0 Å². The van der Waals surface area contributed by atoms with Crippen LogP contribution in [-0.4, -0.2) is 5.91 Å². The molecule has 0 saturated carbocycles. The molecule has 1 amide bonds. The van der Waals surface area contributed by atoms with Gasteiger partial charge in [-0.1, -0.05) is 41.9 Å². The molecule has 0 aromatic heterocycles. The monoisotopic (exact) mass is 337 g/mol. The van der Waals surface area contributed by atoms with Gasteiger partial charge >= 0.3 is 0 Å². The number of carbonyl (C=O) groups excluding carboxylic acids is 1. The standard InChI is InChI=1S/C15H13BrClNO/c1-10-5-2-3-6-11(10)9-18-15(19)12-7-4-8-13(16)14(12)17/h2-8H,9H2,1H3,(H,18,19). The molecule has 0 bridgehead atoms. The number of aryl methyl sites for hydroxylation is 1. The highest BCUT2D eigenvalue weighted by Crippen LogP contribution is 2.25. The lowest BCUT2D eigenvalue weighted by Crippen LogP contribution is -2.23. The fraction of sp³-hybridized carbons (Fsp3) is 0.133. The molecule has 0 spiro atoms. The summed E-state index contributed by atoms with van der Waals surface area (Å²) in [5.74, 6) is -0.172. The maximum Gasteiger partial charge on any atom is 0.253 e. The second-order valence-electron chi connectivity index (χ2n) is 4.21. The number of amides is 1. The van der Waals surface area contributed by atoms with E-state index in [-0.39, 0.29) is 5.91 Å². The summed E-state index contributed by atoms with van der Waals surface area (Å²) in [6.07, 6.45) is 0. The van der Waals surface area contributed by atoms with Crippen LogP contribution in [-0.2, 0) is 6.54 Å². The van der Waals surface area contributed by atoms with E-state index in [2.05, 4.69) is 21.2 Å². The van der Waals surface area contributed by atoms with Crippen molar-refractivity contribution in [2.75, 3.05) is 0 Å². The Hall–Kier alpha value is -1.32. The highest BCUT2D eigenvalue weighted by molar-refractivity contribution is 9.10. The molecule has 4 heteroatoms. The Morgan fingerprint density at radius 1 is 1.21 bits per heavy atom. The molecule has 2 rings (SSSR count). The molecule has 2 aromatic rings. The van der Waals surface area contributed by atoms with Crippen molar-refractivity contribution in [3.63, 3.8) is 0 Å². The fourth-order valence-electron chi connectivity index (χ4n) is 1.76. The number of rotatable bonds is 3. The van der Waals surface area contributed by atoms with Gasteiger partial charge in [0.15, 0.2) is 0 Å². The van der Waals surface area contributed by atoms with Gasteiger partial charge < -0.3 is 5.32 Å². The number of carbonyl (C=O) groups is 1. The predicted octanol–water partition coefficient (Wildman–Crippen LogP) is 4.34. The van der Waals surface area contributed by atoms with Gasteiger partial charge in [0.25, 0.3) is 5.91 Å². The minimum absolute atomic E-state index is 0.172. The van der Waals surface area contributed by atoms with Gasteiger partial charge in [-0.3, -0.25) is 4.79 Å². The summed E-state index contributed by atoms with van der Waals surface area (Å²) < 4.78 is 0.720. The first-order chi connectivity index (χ1) is 9.09. The number of hydrogen-bond acceptors (Lipinski definition) is 1. The summed E-state index contributed by atoms with van der Waals surface area (Å²) in [6, 6.07) is 13.3. The van der Waals surface area contributed by atoms with Gasteiger partial charge in [-0.05, 0) is 46.1 Å². The molecular formula is C15H13BrClNO. The van der Waals surface area contributed by atoms with E-state index < -0.39 is 0 Å². The average molecular weight is 339 g/mol. The smallest absolute Gasteiger partial charge is 0.253 e. The summed E-state index contributed by atoms with van der Waals surface area (Å²) in [6.45, 7) is 2.52. The van der Waals surface area contributed by atoms with Gasteiger partial charge in [-0.2, -0.15) is 0 Å². The molecule has 0 aliphatic rings. The van der Waals surface area contributed by atoms with E-state index in [9.17, 15) is 4.79 Å². The van der Waals surface area contributed by atoms with Gasteiger partial charge in [0.2, 0.25) is 0 Å². The van der Waals surface area contributed by atoms with E-state index in [1.807, 2.05) is 31.2 Å². The first-order valence-corrected chi connectivity index (χ1v) is 7.03. The van der Waals surface area contributed by atoms with Crippen LogP contribution in [0.5, 0.6) is 0 Å². The summed E-state index contributed by atoms with van der Waals surface area (Å²) >= 11 is 9.40. The third-order valence-corrected chi connectivity index (χ3v) is 4.19. The van der Waals surface area contributed by atoms with Crippen molar-refractivity contribution < 1.29 is 4.79 Å². The van der Waals surface area contributed by atoms with Crippen LogP contribution in [0, 0.1) is 6.92 Å². The first-order valence-electron chi connectivity index (χ1n) is 5.86. The summed E-state index contributed by atoms with van der Waals surface area (Å²) in [4.78, 5) is 12.1. The molecule has 19 heavy (non-hydrogen) atoms. The summed E-state index contributed by atoms with van der Waals surface area (Å²) in [7, 11) is 0. The Balaban J connectivity index is 2.10. The zero-order chi connectivity index (χ0) is 13.8. The van der Waals surface area contributed by atoms with Gasteiger partial charge in [0.1, 0.15) is 0 Å². The minimum Gasteiger partial charge on any atom is -0.348 e. The van der Waals surface area contributed by atoms with Crippen LogP contribution in [0.25, 0.3) is 0 Å².